The van der Waals surface area contributed by atoms with E-state index in [2.05, 4.69) is 15.9 Å². The molecule has 0 aliphatic carbocycles. The molecule has 1 atom stereocenters. The van der Waals surface area contributed by atoms with Crippen molar-refractivity contribution in [1.29, 1.82) is 0 Å². The van der Waals surface area contributed by atoms with E-state index < -0.39 is 5.54 Å². The number of nitrogens with two attached hydrogens (primary N) is 1. The smallest absolute Gasteiger partial charge is 0.326 e. The molecule has 0 radical (unpaired) electrons. The summed E-state index contributed by atoms with van der Waals surface area (Å²) in [4.78, 5) is 11.6. The van der Waals surface area contributed by atoms with Crippen LogP contribution in [0.15, 0.2) is 28.7 Å². The maximum atomic E-state index is 11.6. The van der Waals surface area contributed by atoms with Gasteiger partial charge in [-0.15, -0.1) is 0 Å². The highest BCUT2D eigenvalue weighted by Gasteiger charge is 2.30. The SMILES string of the molecule is CCOC(=O)C(C)(N)Cc1ccccc1Br. The number of hydrogen-bond donors (Lipinski definition) is 1. The van der Waals surface area contributed by atoms with Gasteiger partial charge in [0.1, 0.15) is 5.54 Å². The molecule has 0 bridgehead atoms. The van der Waals surface area contributed by atoms with E-state index >= 15 is 0 Å². The molecule has 0 saturated heterocycles. The summed E-state index contributed by atoms with van der Waals surface area (Å²) in [5.74, 6) is -0.370. The number of rotatable bonds is 4. The molecule has 1 rings (SSSR count). The van der Waals surface area contributed by atoms with E-state index in [1.807, 2.05) is 24.3 Å². The largest absolute Gasteiger partial charge is 0.465 e. The fraction of sp³-hybridized carbons (Fsp3) is 0.417. The molecule has 16 heavy (non-hydrogen) atoms. The second-order valence-electron chi connectivity index (χ2n) is 3.91. The van der Waals surface area contributed by atoms with Gasteiger partial charge in [-0.3, -0.25) is 4.79 Å². The van der Waals surface area contributed by atoms with Gasteiger partial charge >= 0.3 is 5.97 Å². The normalized spacial score (nSPS) is 14.2. The average Bonchev–Trinajstić information content (AvgIpc) is 2.21. The fourth-order valence-electron chi connectivity index (χ4n) is 1.41. The van der Waals surface area contributed by atoms with Crippen LogP contribution in [0.2, 0.25) is 0 Å². The lowest BCUT2D eigenvalue weighted by Gasteiger charge is -2.22. The summed E-state index contributed by atoms with van der Waals surface area (Å²) in [7, 11) is 0. The number of carbonyl (C=O) groups is 1. The summed E-state index contributed by atoms with van der Waals surface area (Å²) in [6.07, 6.45) is 0.452. The number of hydrogen-bond acceptors (Lipinski definition) is 3. The minimum Gasteiger partial charge on any atom is -0.465 e. The Balaban J connectivity index is 2.80. The Morgan fingerprint density at radius 3 is 2.69 bits per heavy atom. The second-order valence-corrected chi connectivity index (χ2v) is 4.76. The van der Waals surface area contributed by atoms with Crippen LogP contribution in [0.25, 0.3) is 0 Å². The summed E-state index contributed by atoms with van der Waals surface area (Å²) in [5.41, 5.74) is 5.97. The van der Waals surface area contributed by atoms with Crippen LogP contribution in [0.1, 0.15) is 19.4 Å². The number of esters is 1. The van der Waals surface area contributed by atoms with Crippen LogP contribution in [-0.2, 0) is 16.0 Å². The molecule has 0 heterocycles. The van der Waals surface area contributed by atoms with Crippen molar-refractivity contribution in [1.82, 2.24) is 0 Å². The highest BCUT2D eigenvalue weighted by molar-refractivity contribution is 9.10. The van der Waals surface area contributed by atoms with Gasteiger partial charge in [-0.05, 0) is 25.5 Å². The molecule has 0 aliphatic rings. The highest BCUT2D eigenvalue weighted by Crippen LogP contribution is 2.21. The third-order valence-electron chi connectivity index (χ3n) is 2.26. The van der Waals surface area contributed by atoms with E-state index in [4.69, 9.17) is 10.5 Å². The zero-order valence-electron chi connectivity index (χ0n) is 9.50. The van der Waals surface area contributed by atoms with Gasteiger partial charge in [0, 0.05) is 10.9 Å². The van der Waals surface area contributed by atoms with Gasteiger partial charge in [0.2, 0.25) is 0 Å². The van der Waals surface area contributed by atoms with Crippen molar-refractivity contribution in [2.45, 2.75) is 25.8 Å². The van der Waals surface area contributed by atoms with E-state index in [1.165, 1.54) is 0 Å². The molecule has 2 N–H and O–H groups in total. The third kappa shape index (κ3) is 3.32. The minimum atomic E-state index is -0.986. The van der Waals surface area contributed by atoms with Crippen molar-refractivity contribution >= 4 is 21.9 Å². The Bertz CT molecular complexity index is 377. The van der Waals surface area contributed by atoms with Crippen molar-refractivity contribution in [3.63, 3.8) is 0 Å². The van der Waals surface area contributed by atoms with E-state index in [9.17, 15) is 4.79 Å². The summed E-state index contributed by atoms with van der Waals surface area (Å²) >= 11 is 3.43. The monoisotopic (exact) mass is 285 g/mol. The summed E-state index contributed by atoms with van der Waals surface area (Å²) < 4.78 is 5.89. The topological polar surface area (TPSA) is 52.3 Å². The van der Waals surface area contributed by atoms with Crippen LogP contribution >= 0.6 is 15.9 Å². The third-order valence-corrected chi connectivity index (χ3v) is 3.03. The van der Waals surface area contributed by atoms with Crippen molar-refractivity contribution in [2.24, 2.45) is 5.73 Å². The highest BCUT2D eigenvalue weighted by atomic mass is 79.9. The maximum Gasteiger partial charge on any atom is 0.326 e. The van der Waals surface area contributed by atoms with Crippen molar-refractivity contribution < 1.29 is 9.53 Å². The Hall–Kier alpha value is -0.870. The molecule has 3 nitrogen and oxygen atoms in total. The Morgan fingerprint density at radius 1 is 1.50 bits per heavy atom. The molecule has 0 fully saturated rings. The van der Waals surface area contributed by atoms with Gasteiger partial charge in [-0.1, -0.05) is 34.1 Å². The summed E-state index contributed by atoms with van der Waals surface area (Å²) in [6.45, 7) is 3.80. The molecule has 4 heteroatoms. The first-order valence-corrected chi connectivity index (χ1v) is 5.96. The first-order chi connectivity index (χ1) is 7.47. The molecule has 1 unspecified atom stereocenters. The van der Waals surface area contributed by atoms with Gasteiger partial charge < -0.3 is 10.5 Å². The van der Waals surface area contributed by atoms with E-state index in [0.29, 0.717) is 13.0 Å². The van der Waals surface area contributed by atoms with Crippen molar-refractivity contribution in [2.75, 3.05) is 6.61 Å². The van der Waals surface area contributed by atoms with Crippen LogP contribution < -0.4 is 5.73 Å². The lowest BCUT2D eigenvalue weighted by Crippen LogP contribution is -2.48. The Kier molecular flexibility index (Phi) is 4.50. The van der Waals surface area contributed by atoms with Crippen molar-refractivity contribution in [3.8, 4) is 0 Å². The van der Waals surface area contributed by atoms with Crippen LogP contribution in [0.3, 0.4) is 0 Å². The molecule has 1 aromatic carbocycles. The molecule has 0 spiro atoms. The lowest BCUT2D eigenvalue weighted by molar-refractivity contribution is -0.148. The van der Waals surface area contributed by atoms with Crippen LogP contribution in [0.5, 0.6) is 0 Å². The number of ether oxygens (including phenoxy) is 1. The van der Waals surface area contributed by atoms with Gasteiger partial charge in [0.15, 0.2) is 0 Å². The van der Waals surface area contributed by atoms with Gasteiger partial charge in [-0.2, -0.15) is 0 Å². The second kappa shape index (κ2) is 5.46. The fourth-order valence-corrected chi connectivity index (χ4v) is 1.83. The van der Waals surface area contributed by atoms with Gasteiger partial charge in [-0.25, -0.2) is 0 Å². The predicted octanol–water partition coefficient (Wildman–Crippen LogP) is 2.27. The predicted molar refractivity (Wildman–Crippen MR) is 67.1 cm³/mol. The molecule has 88 valence electrons. The summed E-state index contributed by atoms with van der Waals surface area (Å²) in [6, 6.07) is 7.71. The quantitative estimate of drug-likeness (QED) is 0.864. The van der Waals surface area contributed by atoms with Crippen molar-refractivity contribution in [3.05, 3.63) is 34.3 Å². The number of halogens is 1. The molecule has 0 saturated carbocycles. The van der Waals surface area contributed by atoms with Crippen LogP contribution in [-0.4, -0.2) is 18.1 Å². The standard InChI is InChI=1S/C12H16BrNO2/c1-3-16-11(15)12(2,14)8-9-6-4-5-7-10(9)13/h4-7H,3,8,14H2,1-2H3. The molecule has 0 aliphatic heterocycles. The zero-order chi connectivity index (χ0) is 12.2. The Labute approximate surface area is 104 Å². The lowest BCUT2D eigenvalue weighted by atomic mass is 9.94. The molecular formula is C12H16BrNO2. The van der Waals surface area contributed by atoms with Crippen LogP contribution in [0, 0.1) is 0 Å². The van der Waals surface area contributed by atoms with Crippen LogP contribution in [0.4, 0.5) is 0 Å². The Morgan fingerprint density at radius 2 is 2.12 bits per heavy atom. The van der Waals surface area contributed by atoms with Gasteiger partial charge in [0.25, 0.3) is 0 Å². The zero-order valence-corrected chi connectivity index (χ0v) is 11.1. The minimum absolute atomic E-state index is 0.349. The molecule has 0 amide bonds. The summed E-state index contributed by atoms with van der Waals surface area (Å²) in [5, 5.41) is 0. The first-order valence-electron chi connectivity index (χ1n) is 5.17. The van der Waals surface area contributed by atoms with E-state index in [0.717, 1.165) is 10.0 Å². The van der Waals surface area contributed by atoms with E-state index in [1.54, 1.807) is 13.8 Å². The molecule has 0 aromatic heterocycles. The molecule has 1 aromatic rings. The van der Waals surface area contributed by atoms with Gasteiger partial charge in [0.05, 0.1) is 6.61 Å². The first kappa shape index (κ1) is 13.2. The number of benzene rings is 1. The van der Waals surface area contributed by atoms with E-state index in [-0.39, 0.29) is 5.97 Å². The average molecular weight is 286 g/mol. The molecular weight excluding hydrogens is 270 g/mol. The number of carbonyl (C=O) groups excluding carboxylic acids is 1. The maximum absolute atomic E-state index is 11.6.